The second kappa shape index (κ2) is 9.76. The second-order valence-electron chi connectivity index (χ2n) is 6.56. The van der Waals surface area contributed by atoms with Crippen LogP contribution in [0.5, 0.6) is 17.2 Å². The predicted molar refractivity (Wildman–Crippen MR) is 110 cm³/mol. The van der Waals surface area contributed by atoms with Crippen molar-refractivity contribution in [1.82, 2.24) is 10.3 Å². The molecule has 1 aliphatic carbocycles. The van der Waals surface area contributed by atoms with Crippen molar-refractivity contribution in [1.29, 1.82) is 0 Å². The third-order valence-corrected chi connectivity index (χ3v) is 5.84. The molecule has 0 saturated carbocycles. The Morgan fingerprint density at radius 2 is 1.81 bits per heavy atom. The van der Waals surface area contributed by atoms with Crippen LogP contribution in [0, 0.1) is 0 Å². The molecule has 1 aromatic heterocycles. The molecule has 3 rings (SSSR count). The van der Waals surface area contributed by atoms with Gasteiger partial charge in [-0.3, -0.25) is 0 Å². The molecule has 0 fully saturated rings. The zero-order valence-corrected chi connectivity index (χ0v) is 17.2. The monoisotopic (exact) mass is 388 g/mol. The molecule has 2 aromatic rings. The highest BCUT2D eigenvalue weighted by molar-refractivity contribution is 7.15. The van der Waals surface area contributed by atoms with Crippen molar-refractivity contribution in [3.8, 4) is 27.7 Å². The largest absolute Gasteiger partial charge is 0.496 e. The van der Waals surface area contributed by atoms with Gasteiger partial charge in [0.2, 0.25) is 0 Å². The van der Waals surface area contributed by atoms with E-state index >= 15 is 0 Å². The molecule has 1 N–H and O–H groups in total. The summed E-state index contributed by atoms with van der Waals surface area (Å²) in [5, 5.41) is 4.58. The van der Waals surface area contributed by atoms with E-state index < -0.39 is 0 Å². The molecule has 27 heavy (non-hydrogen) atoms. The van der Waals surface area contributed by atoms with Crippen molar-refractivity contribution in [2.75, 3.05) is 27.9 Å². The van der Waals surface area contributed by atoms with Crippen molar-refractivity contribution in [3.63, 3.8) is 0 Å². The van der Waals surface area contributed by atoms with E-state index in [0.29, 0.717) is 11.5 Å². The zero-order chi connectivity index (χ0) is 19.1. The van der Waals surface area contributed by atoms with E-state index in [9.17, 15) is 0 Å². The number of nitrogens with one attached hydrogen (secondary N) is 1. The lowest BCUT2D eigenvalue weighted by Gasteiger charge is -2.13. The number of rotatable bonds is 9. The zero-order valence-electron chi connectivity index (χ0n) is 16.3. The molecule has 0 amide bonds. The maximum Gasteiger partial charge on any atom is 0.164 e. The summed E-state index contributed by atoms with van der Waals surface area (Å²) in [6.07, 6.45) is 10.7. The van der Waals surface area contributed by atoms with Gasteiger partial charge >= 0.3 is 0 Å². The summed E-state index contributed by atoms with van der Waals surface area (Å²) >= 11 is 1.67. The first kappa shape index (κ1) is 19.7. The lowest BCUT2D eigenvalue weighted by Crippen LogP contribution is -2.15. The maximum absolute atomic E-state index is 5.54. The summed E-state index contributed by atoms with van der Waals surface area (Å²) in [4.78, 5) is 5.62. The van der Waals surface area contributed by atoms with Crippen LogP contribution in [0.4, 0.5) is 0 Å². The van der Waals surface area contributed by atoms with Gasteiger partial charge in [0.1, 0.15) is 10.8 Å². The molecule has 1 heterocycles. The van der Waals surface area contributed by atoms with Gasteiger partial charge in [0.15, 0.2) is 11.5 Å². The van der Waals surface area contributed by atoms with Crippen LogP contribution in [0.25, 0.3) is 10.4 Å². The molecule has 0 radical (unpaired) electrons. The van der Waals surface area contributed by atoms with E-state index in [0.717, 1.165) is 40.7 Å². The molecule has 0 spiro atoms. The number of aromatic nitrogens is 1. The van der Waals surface area contributed by atoms with E-state index in [4.69, 9.17) is 14.2 Å². The second-order valence-corrected chi connectivity index (χ2v) is 7.68. The van der Waals surface area contributed by atoms with Gasteiger partial charge in [0.05, 0.1) is 26.2 Å². The summed E-state index contributed by atoms with van der Waals surface area (Å²) in [5.41, 5.74) is 2.56. The Morgan fingerprint density at radius 3 is 2.52 bits per heavy atom. The molecular weight excluding hydrogens is 360 g/mol. The van der Waals surface area contributed by atoms with Crippen molar-refractivity contribution < 1.29 is 14.2 Å². The van der Waals surface area contributed by atoms with Crippen LogP contribution in [0.3, 0.4) is 0 Å². The van der Waals surface area contributed by atoms with Crippen LogP contribution in [-0.2, 0) is 6.54 Å². The van der Waals surface area contributed by atoms with Crippen molar-refractivity contribution >= 4 is 11.3 Å². The summed E-state index contributed by atoms with van der Waals surface area (Å²) in [5.74, 6) is 2.09. The van der Waals surface area contributed by atoms with Crippen LogP contribution >= 0.6 is 11.3 Å². The first-order valence-corrected chi connectivity index (χ1v) is 10.2. The van der Waals surface area contributed by atoms with Gasteiger partial charge < -0.3 is 19.5 Å². The number of methoxy groups -OCH3 is 3. The minimum atomic E-state index is 0.654. The van der Waals surface area contributed by atoms with Gasteiger partial charge in [-0.05, 0) is 44.7 Å². The SMILES string of the molecule is COc1cc(OC)c(-c2cnc(CNCCC3=CCCCC3)s2)cc1OC. The molecular formula is C21H28N2O3S. The van der Waals surface area contributed by atoms with Crippen molar-refractivity contribution in [2.45, 2.75) is 38.6 Å². The normalized spacial score (nSPS) is 14.0. The average Bonchev–Trinajstić information content (AvgIpc) is 3.19. The van der Waals surface area contributed by atoms with Gasteiger partial charge in [-0.2, -0.15) is 0 Å². The Balaban J connectivity index is 1.63. The molecule has 0 saturated heterocycles. The van der Waals surface area contributed by atoms with Crippen LogP contribution in [0.1, 0.15) is 37.1 Å². The fourth-order valence-corrected chi connectivity index (χ4v) is 4.22. The first-order valence-electron chi connectivity index (χ1n) is 9.39. The van der Waals surface area contributed by atoms with Gasteiger partial charge in [-0.1, -0.05) is 11.6 Å². The van der Waals surface area contributed by atoms with Crippen molar-refractivity contribution in [2.24, 2.45) is 0 Å². The summed E-state index contributed by atoms with van der Waals surface area (Å²) in [7, 11) is 4.92. The van der Waals surface area contributed by atoms with E-state index in [-0.39, 0.29) is 0 Å². The highest BCUT2D eigenvalue weighted by Gasteiger charge is 2.15. The summed E-state index contributed by atoms with van der Waals surface area (Å²) < 4.78 is 16.3. The predicted octanol–water partition coefficient (Wildman–Crippen LogP) is 4.82. The number of nitrogens with zero attached hydrogens (tertiary/aromatic N) is 1. The van der Waals surface area contributed by atoms with Crippen molar-refractivity contribution in [3.05, 3.63) is 35.0 Å². The molecule has 1 aromatic carbocycles. The number of benzene rings is 1. The highest BCUT2D eigenvalue weighted by Crippen LogP contribution is 2.41. The third-order valence-electron chi connectivity index (χ3n) is 4.81. The van der Waals surface area contributed by atoms with E-state index in [1.54, 1.807) is 38.2 Å². The fourth-order valence-electron chi connectivity index (χ4n) is 3.31. The van der Waals surface area contributed by atoms with Gasteiger partial charge in [0, 0.05) is 24.4 Å². The highest BCUT2D eigenvalue weighted by atomic mass is 32.1. The van der Waals surface area contributed by atoms with E-state index in [1.165, 1.54) is 25.7 Å². The summed E-state index contributed by atoms with van der Waals surface area (Å²) in [6.45, 7) is 1.79. The lowest BCUT2D eigenvalue weighted by atomic mass is 9.97. The number of thiazole rings is 1. The molecule has 0 atom stereocenters. The Kier molecular flexibility index (Phi) is 7.12. The lowest BCUT2D eigenvalue weighted by molar-refractivity contribution is 0.349. The Morgan fingerprint density at radius 1 is 1.04 bits per heavy atom. The van der Waals surface area contributed by atoms with Gasteiger partial charge in [0.25, 0.3) is 0 Å². The van der Waals surface area contributed by atoms with Crippen LogP contribution in [-0.4, -0.2) is 32.9 Å². The molecule has 146 valence electrons. The fraction of sp³-hybridized carbons (Fsp3) is 0.476. The number of ether oxygens (including phenoxy) is 3. The molecule has 6 heteroatoms. The van der Waals surface area contributed by atoms with Gasteiger partial charge in [-0.15, -0.1) is 11.3 Å². The van der Waals surface area contributed by atoms with Gasteiger partial charge in [-0.25, -0.2) is 4.98 Å². The summed E-state index contributed by atoms with van der Waals surface area (Å²) in [6, 6.07) is 3.79. The van der Waals surface area contributed by atoms with Crippen LogP contribution < -0.4 is 19.5 Å². The topological polar surface area (TPSA) is 52.6 Å². The minimum absolute atomic E-state index is 0.654. The maximum atomic E-state index is 5.54. The van der Waals surface area contributed by atoms with Crippen LogP contribution in [0.15, 0.2) is 30.0 Å². The third kappa shape index (κ3) is 5.02. The first-order chi connectivity index (χ1) is 13.2. The minimum Gasteiger partial charge on any atom is -0.496 e. The van der Waals surface area contributed by atoms with E-state index in [1.807, 2.05) is 18.3 Å². The van der Waals surface area contributed by atoms with Crippen LogP contribution in [0.2, 0.25) is 0 Å². The van der Waals surface area contributed by atoms with E-state index in [2.05, 4.69) is 16.4 Å². The Bertz CT molecular complexity index is 786. The molecule has 0 aliphatic heterocycles. The Labute approximate surface area is 165 Å². The standard InChI is InChI=1S/C21H28N2O3S/c1-24-17-12-19(26-3)18(25-2)11-16(17)20-13-23-21(27-20)14-22-10-9-15-7-5-4-6-8-15/h7,11-13,22H,4-6,8-10,14H2,1-3H3. The molecule has 0 unspecified atom stereocenters. The quantitative estimate of drug-likeness (QED) is 0.493. The molecule has 5 nitrogen and oxygen atoms in total. The smallest absolute Gasteiger partial charge is 0.164 e. The Hall–Kier alpha value is -2.05. The molecule has 1 aliphatic rings. The average molecular weight is 389 g/mol. The number of hydrogen-bond donors (Lipinski definition) is 1. The molecule has 0 bridgehead atoms. The number of allylic oxidation sites excluding steroid dienone is 1. The number of hydrogen-bond acceptors (Lipinski definition) is 6.